The van der Waals surface area contributed by atoms with Crippen LogP contribution in [0, 0.1) is 13.8 Å². The van der Waals surface area contributed by atoms with Crippen LogP contribution < -0.4 is 5.90 Å². The van der Waals surface area contributed by atoms with E-state index in [0.717, 1.165) is 22.7 Å². The topological polar surface area (TPSA) is 122 Å². The van der Waals surface area contributed by atoms with E-state index >= 15 is 0 Å². The van der Waals surface area contributed by atoms with Crippen LogP contribution in [0.3, 0.4) is 0 Å². The minimum absolute atomic E-state index is 0. The van der Waals surface area contributed by atoms with Crippen molar-refractivity contribution in [3.05, 3.63) is 32.2 Å². The Morgan fingerprint density at radius 3 is 1.85 bits per heavy atom. The molecule has 0 atom stereocenters. The molecule has 0 amide bonds. The normalized spacial score (nSPS) is 8.80. The zero-order valence-electron chi connectivity index (χ0n) is 10.8. The molecule has 2 rings (SSSR count). The first-order valence-corrected chi connectivity index (χ1v) is 6.64. The number of oxime groups is 1. The van der Waals surface area contributed by atoms with Gasteiger partial charge in [-0.25, -0.2) is 15.9 Å². The minimum atomic E-state index is 0. The van der Waals surface area contributed by atoms with Crippen molar-refractivity contribution in [2.24, 2.45) is 11.1 Å². The summed E-state index contributed by atoms with van der Waals surface area (Å²) >= 11 is 2.82. The van der Waals surface area contributed by atoms with E-state index in [1.54, 1.807) is 0 Å². The van der Waals surface area contributed by atoms with Crippen LogP contribution in [0.15, 0.2) is 15.9 Å². The molecule has 7 nitrogen and oxygen atoms in total. The van der Waals surface area contributed by atoms with Crippen LogP contribution >= 0.6 is 35.1 Å². The summed E-state index contributed by atoms with van der Waals surface area (Å²) in [5.41, 5.74) is 1.87. The molecule has 0 unspecified atom stereocenters. The number of hydrogen-bond acceptors (Lipinski definition) is 9. The maximum absolute atomic E-state index is 9.97. The molecular formula is C10H15ClN4O3S2. The molecule has 0 fully saturated rings. The van der Waals surface area contributed by atoms with Gasteiger partial charge in [0.05, 0.1) is 0 Å². The second-order valence-electron chi connectivity index (χ2n) is 3.02. The number of nitrogens with two attached hydrogens (primary N) is 1. The zero-order chi connectivity index (χ0) is 14.7. The number of carbonyl (C=O) groups is 1. The molecule has 0 aliphatic carbocycles. The van der Waals surface area contributed by atoms with Gasteiger partial charge < -0.3 is 10.4 Å². The number of rotatable bonds is 2. The molecule has 20 heavy (non-hydrogen) atoms. The predicted molar refractivity (Wildman–Crippen MR) is 81.7 cm³/mol. The summed E-state index contributed by atoms with van der Waals surface area (Å²) in [5, 5.41) is 22.4. The number of hydrogen-bond donors (Lipinski definition) is 3. The van der Waals surface area contributed by atoms with Gasteiger partial charge in [0, 0.05) is 22.1 Å². The lowest BCUT2D eigenvalue weighted by atomic mass is 10.6. The number of aryl methyl sites for hydroxylation is 2. The van der Waals surface area contributed by atoms with Gasteiger partial charge >= 0.3 is 0 Å². The monoisotopic (exact) mass is 338 g/mol. The molecule has 2 heterocycles. The standard InChI is InChI=1S/C5H6N2OS.C5H5NOS.ClH.H3NO/c1-4-3-9-5(7-4)2-6-8;1-4-3-8-5(2-7)6-4;;1-2/h2-3,8H,1H3;2-3H,1H3;1H;2H,1H2. The number of halogens is 1. The van der Waals surface area contributed by atoms with Gasteiger partial charge in [-0.15, -0.1) is 35.1 Å². The molecule has 0 bridgehead atoms. The maximum atomic E-state index is 9.97. The highest BCUT2D eigenvalue weighted by molar-refractivity contribution is 7.11. The van der Waals surface area contributed by atoms with E-state index in [1.807, 2.05) is 24.6 Å². The molecule has 112 valence electrons. The van der Waals surface area contributed by atoms with E-state index in [2.05, 4.69) is 21.0 Å². The Morgan fingerprint density at radius 2 is 1.60 bits per heavy atom. The first kappa shape index (κ1) is 20.9. The van der Waals surface area contributed by atoms with Crippen LogP contribution in [-0.2, 0) is 0 Å². The van der Waals surface area contributed by atoms with Crippen molar-refractivity contribution in [2.45, 2.75) is 13.8 Å². The summed E-state index contributed by atoms with van der Waals surface area (Å²) in [6, 6.07) is 0. The molecule has 2 aromatic heterocycles. The first-order chi connectivity index (χ1) is 9.15. The second-order valence-corrected chi connectivity index (χ2v) is 4.80. The molecule has 0 spiro atoms. The van der Waals surface area contributed by atoms with Crippen LogP contribution in [0.4, 0.5) is 0 Å². The third kappa shape index (κ3) is 8.67. The summed E-state index contributed by atoms with van der Waals surface area (Å²) < 4.78 is 0. The van der Waals surface area contributed by atoms with Gasteiger partial charge in [0.15, 0.2) is 11.3 Å². The fourth-order valence-electron chi connectivity index (χ4n) is 0.907. The van der Waals surface area contributed by atoms with Crippen LogP contribution in [0.5, 0.6) is 0 Å². The molecular weight excluding hydrogens is 324 g/mol. The highest BCUT2D eigenvalue weighted by Gasteiger charge is 1.92. The lowest BCUT2D eigenvalue weighted by Crippen LogP contribution is -1.77. The van der Waals surface area contributed by atoms with E-state index in [4.69, 9.17) is 10.4 Å². The summed E-state index contributed by atoms with van der Waals surface area (Å²) in [6.45, 7) is 3.76. The van der Waals surface area contributed by atoms with Gasteiger partial charge in [0.25, 0.3) is 0 Å². The molecule has 2 aromatic rings. The highest BCUT2D eigenvalue weighted by Crippen LogP contribution is 2.05. The average Bonchev–Trinajstić information content (AvgIpc) is 3.02. The van der Waals surface area contributed by atoms with Crippen molar-refractivity contribution in [1.82, 2.24) is 9.97 Å². The minimum Gasteiger partial charge on any atom is -0.411 e. The zero-order valence-corrected chi connectivity index (χ0v) is 13.2. The Balaban J connectivity index is 0. The number of aromatic nitrogens is 2. The van der Waals surface area contributed by atoms with Crippen molar-refractivity contribution in [2.75, 3.05) is 0 Å². The van der Waals surface area contributed by atoms with Crippen molar-refractivity contribution < 1.29 is 15.2 Å². The molecule has 0 aliphatic rings. The number of nitrogens with zero attached hydrogens (tertiary/aromatic N) is 3. The fraction of sp³-hybridized carbons (Fsp3) is 0.200. The number of carbonyl (C=O) groups excluding carboxylic acids is 1. The lowest BCUT2D eigenvalue weighted by molar-refractivity contribution is 0.112. The molecule has 0 saturated carbocycles. The lowest BCUT2D eigenvalue weighted by Gasteiger charge is -1.75. The third-order valence-corrected chi connectivity index (χ3v) is 3.33. The Hall–Kier alpha value is -1.39. The first-order valence-electron chi connectivity index (χ1n) is 4.88. The Labute approximate surface area is 130 Å². The summed E-state index contributed by atoms with van der Waals surface area (Å²) in [6.07, 6.45) is 2.08. The van der Waals surface area contributed by atoms with Gasteiger partial charge in [-0.2, -0.15) is 0 Å². The van der Waals surface area contributed by atoms with Crippen molar-refractivity contribution in [1.29, 1.82) is 0 Å². The second kappa shape index (κ2) is 12.6. The van der Waals surface area contributed by atoms with E-state index in [-0.39, 0.29) is 12.4 Å². The summed E-state index contributed by atoms with van der Waals surface area (Å²) in [7, 11) is 0. The Kier molecular flexibility index (Phi) is 13.2. The van der Waals surface area contributed by atoms with Gasteiger partial charge in [-0.05, 0) is 13.8 Å². The van der Waals surface area contributed by atoms with Crippen molar-refractivity contribution >= 4 is 47.6 Å². The third-order valence-electron chi connectivity index (χ3n) is 1.54. The van der Waals surface area contributed by atoms with E-state index in [9.17, 15) is 4.79 Å². The average molecular weight is 339 g/mol. The predicted octanol–water partition coefficient (Wildman–Crippen LogP) is 2.28. The van der Waals surface area contributed by atoms with Crippen molar-refractivity contribution in [3.8, 4) is 0 Å². The number of thiazole rings is 2. The molecule has 0 aliphatic heterocycles. The van der Waals surface area contributed by atoms with Crippen LogP contribution in [-0.4, -0.2) is 32.9 Å². The molecule has 4 N–H and O–H groups in total. The molecule has 0 aromatic carbocycles. The largest absolute Gasteiger partial charge is 0.411 e. The fourth-order valence-corrected chi connectivity index (χ4v) is 2.15. The smallest absolute Gasteiger partial charge is 0.178 e. The van der Waals surface area contributed by atoms with E-state index < -0.39 is 0 Å². The van der Waals surface area contributed by atoms with Gasteiger partial charge in [0.2, 0.25) is 0 Å². The maximum Gasteiger partial charge on any atom is 0.178 e. The summed E-state index contributed by atoms with van der Waals surface area (Å²) in [4.78, 5) is 17.9. The van der Waals surface area contributed by atoms with E-state index in [0.29, 0.717) is 5.01 Å². The number of aldehydes is 1. The Bertz CT molecular complexity index is 516. The van der Waals surface area contributed by atoms with Crippen LogP contribution in [0.2, 0.25) is 0 Å². The van der Waals surface area contributed by atoms with Gasteiger partial charge in [-0.1, -0.05) is 5.16 Å². The quantitative estimate of drug-likeness (QED) is 0.334. The molecule has 0 radical (unpaired) electrons. The summed E-state index contributed by atoms with van der Waals surface area (Å²) in [5.74, 6) is 3.50. The van der Waals surface area contributed by atoms with Crippen LogP contribution in [0.25, 0.3) is 0 Å². The van der Waals surface area contributed by atoms with E-state index in [1.165, 1.54) is 28.9 Å². The van der Waals surface area contributed by atoms with Crippen LogP contribution in [0.1, 0.15) is 26.2 Å². The molecule has 10 heteroatoms. The Morgan fingerprint density at radius 1 is 1.15 bits per heavy atom. The highest BCUT2D eigenvalue weighted by atomic mass is 35.5. The SMILES string of the molecule is Cc1csc(C=NO)n1.Cc1csc(C=O)n1.Cl.NO. The van der Waals surface area contributed by atoms with Crippen molar-refractivity contribution in [3.63, 3.8) is 0 Å². The molecule has 0 saturated heterocycles. The van der Waals surface area contributed by atoms with Gasteiger partial charge in [-0.3, -0.25) is 4.79 Å². The van der Waals surface area contributed by atoms with Gasteiger partial charge in [0.1, 0.15) is 11.2 Å².